The predicted molar refractivity (Wildman–Crippen MR) is 86.8 cm³/mol. The molecular formula is C19H14N2O2. The van der Waals surface area contributed by atoms with Gasteiger partial charge >= 0.3 is 0 Å². The number of nitrogens with zero attached hydrogens (tertiary/aromatic N) is 2. The highest BCUT2D eigenvalue weighted by Gasteiger charge is 2.10. The fourth-order valence-corrected chi connectivity index (χ4v) is 2.24. The van der Waals surface area contributed by atoms with E-state index in [2.05, 4.69) is 4.98 Å². The SMILES string of the molecule is N#Cc1cc(-c2cccnc2OCc2ccccc2)ccc1O. The summed E-state index contributed by atoms with van der Waals surface area (Å²) < 4.78 is 5.82. The van der Waals surface area contributed by atoms with Crippen LogP contribution in [0.4, 0.5) is 0 Å². The van der Waals surface area contributed by atoms with Crippen molar-refractivity contribution in [3.63, 3.8) is 0 Å². The Labute approximate surface area is 134 Å². The zero-order valence-corrected chi connectivity index (χ0v) is 12.3. The molecule has 0 aliphatic carbocycles. The summed E-state index contributed by atoms with van der Waals surface area (Å²) in [5, 5.41) is 18.7. The van der Waals surface area contributed by atoms with E-state index in [9.17, 15) is 5.11 Å². The smallest absolute Gasteiger partial charge is 0.221 e. The summed E-state index contributed by atoms with van der Waals surface area (Å²) in [5.74, 6) is 0.456. The van der Waals surface area contributed by atoms with Crippen LogP contribution in [0.5, 0.6) is 11.6 Å². The molecule has 0 unspecified atom stereocenters. The van der Waals surface area contributed by atoms with E-state index in [0.29, 0.717) is 12.5 Å². The summed E-state index contributed by atoms with van der Waals surface area (Å²) in [5.41, 5.74) is 2.82. The molecular weight excluding hydrogens is 288 g/mol. The van der Waals surface area contributed by atoms with E-state index in [4.69, 9.17) is 10.00 Å². The van der Waals surface area contributed by atoms with Gasteiger partial charge < -0.3 is 9.84 Å². The first kappa shape index (κ1) is 14.6. The highest BCUT2D eigenvalue weighted by molar-refractivity contribution is 5.71. The molecule has 0 atom stereocenters. The van der Waals surface area contributed by atoms with Gasteiger partial charge in [-0.3, -0.25) is 0 Å². The molecule has 0 saturated carbocycles. The number of hydrogen-bond acceptors (Lipinski definition) is 4. The first-order chi connectivity index (χ1) is 11.3. The Balaban J connectivity index is 1.90. The van der Waals surface area contributed by atoms with Gasteiger partial charge in [0.25, 0.3) is 0 Å². The van der Waals surface area contributed by atoms with Gasteiger partial charge in [-0.05, 0) is 35.4 Å². The van der Waals surface area contributed by atoms with Crippen LogP contribution < -0.4 is 4.74 Å². The summed E-state index contributed by atoms with van der Waals surface area (Å²) in [6.45, 7) is 0.411. The summed E-state index contributed by atoms with van der Waals surface area (Å²) in [6, 6.07) is 20.4. The van der Waals surface area contributed by atoms with Crippen molar-refractivity contribution in [2.75, 3.05) is 0 Å². The third-order valence-electron chi connectivity index (χ3n) is 3.42. The van der Waals surface area contributed by atoms with E-state index in [1.54, 1.807) is 18.3 Å². The van der Waals surface area contributed by atoms with Crippen LogP contribution in [-0.4, -0.2) is 10.1 Å². The highest BCUT2D eigenvalue weighted by Crippen LogP contribution is 2.31. The van der Waals surface area contributed by atoms with Gasteiger partial charge in [0.2, 0.25) is 5.88 Å². The Hall–Kier alpha value is -3.32. The number of nitriles is 1. The normalized spacial score (nSPS) is 10.0. The van der Waals surface area contributed by atoms with Crippen molar-refractivity contribution in [2.45, 2.75) is 6.61 Å². The van der Waals surface area contributed by atoms with E-state index in [0.717, 1.165) is 16.7 Å². The van der Waals surface area contributed by atoms with E-state index < -0.39 is 0 Å². The Kier molecular flexibility index (Phi) is 4.21. The fraction of sp³-hybridized carbons (Fsp3) is 0.0526. The first-order valence-electron chi connectivity index (χ1n) is 7.13. The molecule has 3 rings (SSSR count). The van der Waals surface area contributed by atoms with E-state index in [1.807, 2.05) is 48.5 Å². The summed E-state index contributed by atoms with van der Waals surface area (Å²) in [4.78, 5) is 4.28. The molecule has 3 aromatic rings. The standard InChI is InChI=1S/C19H14N2O2/c20-12-16-11-15(8-9-18(16)22)17-7-4-10-21-19(17)23-13-14-5-2-1-3-6-14/h1-11,22H,13H2. The second kappa shape index (κ2) is 6.63. The molecule has 112 valence electrons. The van der Waals surface area contributed by atoms with Crippen molar-refractivity contribution >= 4 is 0 Å². The van der Waals surface area contributed by atoms with E-state index in [1.165, 1.54) is 6.07 Å². The molecule has 0 radical (unpaired) electrons. The number of hydrogen-bond donors (Lipinski definition) is 1. The minimum atomic E-state index is -0.0353. The fourth-order valence-electron chi connectivity index (χ4n) is 2.24. The maximum Gasteiger partial charge on any atom is 0.221 e. The number of aromatic nitrogens is 1. The molecule has 0 spiro atoms. The number of ether oxygens (including phenoxy) is 1. The average Bonchev–Trinajstić information content (AvgIpc) is 2.61. The molecule has 2 aromatic carbocycles. The van der Waals surface area contributed by atoms with Gasteiger partial charge in [0.05, 0.1) is 5.56 Å². The minimum absolute atomic E-state index is 0.0353. The highest BCUT2D eigenvalue weighted by atomic mass is 16.5. The third kappa shape index (κ3) is 3.30. The summed E-state index contributed by atoms with van der Waals surface area (Å²) in [7, 11) is 0. The van der Waals surface area contributed by atoms with Crippen molar-refractivity contribution in [2.24, 2.45) is 0 Å². The van der Waals surface area contributed by atoms with Crippen molar-refractivity contribution < 1.29 is 9.84 Å². The monoisotopic (exact) mass is 302 g/mol. The Bertz CT molecular complexity index is 855. The summed E-state index contributed by atoms with van der Waals surface area (Å²) >= 11 is 0. The van der Waals surface area contributed by atoms with Crippen molar-refractivity contribution in [3.05, 3.63) is 78.0 Å². The average molecular weight is 302 g/mol. The lowest BCUT2D eigenvalue weighted by Crippen LogP contribution is -1.98. The Morgan fingerprint density at radius 2 is 1.87 bits per heavy atom. The van der Waals surface area contributed by atoms with Gasteiger partial charge in [-0.2, -0.15) is 5.26 Å². The molecule has 4 nitrogen and oxygen atoms in total. The molecule has 0 bridgehead atoms. The molecule has 1 heterocycles. The van der Waals surface area contributed by atoms with Gasteiger partial charge in [0.1, 0.15) is 18.4 Å². The van der Waals surface area contributed by atoms with Crippen LogP contribution in [0.25, 0.3) is 11.1 Å². The molecule has 0 saturated heterocycles. The predicted octanol–water partition coefficient (Wildman–Crippen LogP) is 3.90. The lowest BCUT2D eigenvalue weighted by Gasteiger charge is -2.11. The maximum atomic E-state index is 9.63. The summed E-state index contributed by atoms with van der Waals surface area (Å²) in [6.07, 6.45) is 1.66. The molecule has 1 aromatic heterocycles. The van der Waals surface area contributed by atoms with E-state index >= 15 is 0 Å². The zero-order chi connectivity index (χ0) is 16.1. The van der Waals surface area contributed by atoms with Crippen LogP contribution in [0.2, 0.25) is 0 Å². The molecule has 0 fully saturated rings. The molecule has 0 aliphatic rings. The molecule has 0 amide bonds. The zero-order valence-electron chi connectivity index (χ0n) is 12.3. The molecule has 1 N–H and O–H groups in total. The van der Waals surface area contributed by atoms with Crippen molar-refractivity contribution in [1.29, 1.82) is 5.26 Å². The van der Waals surface area contributed by atoms with Crippen molar-refractivity contribution in [3.8, 4) is 28.8 Å². The Morgan fingerprint density at radius 1 is 1.04 bits per heavy atom. The second-order valence-electron chi connectivity index (χ2n) is 4.97. The van der Waals surface area contributed by atoms with Crippen LogP contribution >= 0.6 is 0 Å². The lowest BCUT2D eigenvalue weighted by molar-refractivity contribution is 0.295. The van der Waals surface area contributed by atoms with Crippen LogP contribution in [-0.2, 0) is 6.61 Å². The topological polar surface area (TPSA) is 66.1 Å². The van der Waals surface area contributed by atoms with Gasteiger partial charge in [-0.25, -0.2) is 4.98 Å². The Morgan fingerprint density at radius 3 is 2.65 bits per heavy atom. The second-order valence-corrected chi connectivity index (χ2v) is 4.97. The molecule has 4 heteroatoms. The lowest BCUT2D eigenvalue weighted by atomic mass is 10.0. The minimum Gasteiger partial charge on any atom is -0.507 e. The number of rotatable bonds is 4. The largest absolute Gasteiger partial charge is 0.507 e. The number of benzene rings is 2. The first-order valence-corrected chi connectivity index (χ1v) is 7.13. The number of phenolic OH excluding ortho intramolecular Hbond substituents is 1. The molecule has 23 heavy (non-hydrogen) atoms. The number of pyridine rings is 1. The van der Waals surface area contributed by atoms with Gasteiger partial charge in [-0.15, -0.1) is 0 Å². The molecule has 0 aliphatic heterocycles. The van der Waals surface area contributed by atoms with Crippen molar-refractivity contribution in [1.82, 2.24) is 4.98 Å². The van der Waals surface area contributed by atoms with Gasteiger partial charge in [0, 0.05) is 11.8 Å². The number of aromatic hydroxyl groups is 1. The number of phenols is 1. The van der Waals surface area contributed by atoms with Crippen LogP contribution in [0.3, 0.4) is 0 Å². The van der Waals surface area contributed by atoms with Crippen LogP contribution in [0.15, 0.2) is 66.9 Å². The maximum absolute atomic E-state index is 9.63. The van der Waals surface area contributed by atoms with Crippen LogP contribution in [0, 0.1) is 11.3 Å². The van der Waals surface area contributed by atoms with Gasteiger partial charge in [-0.1, -0.05) is 36.4 Å². The third-order valence-corrected chi connectivity index (χ3v) is 3.42. The van der Waals surface area contributed by atoms with Crippen LogP contribution in [0.1, 0.15) is 11.1 Å². The quantitative estimate of drug-likeness (QED) is 0.793. The van der Waals surface area contributed by atoms with Gasteiger partial charge in [0.15, 0.2) is 0 Å². The van der Waals surface area contributed by atoms with E-state index in [-0.39, 0.29) is 11.3 Å².